The maximum Gasteiger partial charge on any atom is 0.306 e. The number of unbranched alkanes of at least 4 members (excludes halogenated alkanes) is 28. The van der Waals surface area contributed by atoms with E-state index in [0.717, 1.165) is 77.4 Å². The van der Waals surface area contributed by atoms with E-state index in [-0.39, 0.29) is 24.1 Å². The Bertz CT molecular complexity index is 841. The minimum Gasteiger partial charge on any atom is -0.462 e. The van der Waals surface area contributed by atoms with Gasteiger partial charge in [-0.15, -0.1) is 0 Å². The summed E-state index contributed by atoms with van der Waals surface area (Å²) >= 11 is 0. The molecule has 0 aromatic carbocycles. The Hall–Kier alpha value is -1.14. The average molecular weight is 876 g/mol. The first-order valence-corrected chi connectivity index (χ1v) is 28.2. The van der Waals surface area contributed by atoms with Crippen molar-refractivity contribution in [1.29, 1.82) is 0 Å². The number of rotatable bonds is 48. The van der Waals surface area contributed by atoms with Crippen LogP contribution in [0.15, 0.2) is 0 Å². The van der Waals surface area contributed by atoms with Gasteiger partial charge >= 0.3 is 11.9 Å². The molecule has 1 N–H and O–H groups in total. The first-order chi connectivity index (χ1) is 30.5. The van der Waals surface area contributed by atoms with Gasteiger partial charge in [0.05, 0.1) is 0 Å². The van der Waals surface area contributed by atoms with E-state index in [0.29, 0.717) is 24.9 Å². The fourth-order valence-corrected chi connectivity index (χ4v) is 9.51. The van der Waals surface area contributed by atoms with Gasteiger partial charge in [0.25, 0.3) is 0 Å². The third-order valence-electron chi connectivity index (χ3n) is 13.7. The molecule has 1 fully saturated rings. The molecule has 0 aromatic rings. The molecule has 62 heavy (non-hydrogen) atoms. The lowest BCUT2D eigenvalue weighted by Gasteiger charge is -2.29. The molecule has 1 rings (SSSR count). The molecule has 0 unspecified atom stereocenters. The van der Waals surface area contributed by atoms with E-state index in [2.05, 4.69) is 33.0 Å². The summed E-state index contributed by atoms with van der Waals surface area (Å²) in [6, 6.07) is 1.16. The van der Waals surface area contributed by atoms with Crippen LogP contribution in [0.3, 0.4) is 0 Å². The van der Waals surface area contributed by atoms with Gasteiger partial charge in [-0.1, -0.05) is 207 Å². The minimum absolute atomic E-state index is 0.0406. The molecule has 6 heteroatoms. The largest absolute Gasteiger partial charge is 0.462 e. The quantitative estimate of drug-likeness (QED) is 0.0485. The number of carbonyl (C=O) groups excluding carboxylic acids is 2. The van der Waals surface area contributed by atoms with Crippen LogP contribution < -0.4 is 5.32 Å². The SMILES string of the molecule is CCCCCCCCC(CCCCCCCC)OC(=O)CCCCCCCC(CCCCCCCC(=O)OC(CCCCCCCC)CCCCCCCC)NC1CCOCC1. The van der Waals surface area contributed by atoms with Gasteiger partial charge in [-0.25, -0.2) is 0 Å². The molecule has 1 heterocycles. The minimum atomic E-state index is 0.0406. The van der Waals surface area contributed by atoms with E-state index in [1.807, 2.05) is 0 Å². The van der Waals surface area contributed by atoms with Gasteiger partial charge in [-0.3, -0.25) is 9.59 Å². The first-order valence-electron chi connectivity index (χ1n) is 28.2. The van der Waals surface area contributed by atoms with Crippen molar-refractivity contribution in [3.63, 3.8) is 0 Å². The standard InChI is InChI=1S/C56H109NO5/c1-5-9-13-17-25-33-41-53(42-34-26-18-14-10-6-2)61-55(58)45-37-29-21-23-31-39-51(57-52-47-49-60-50-48-52)40-32-24-22-30-38-46-56(59)62-54(43-35-27-19-15-11-7-3)44-36-28-20-16-12-8-4/h51-54,57H,5-50H2,1-4H3. The molecule has 0 amide bonds. The monoisotopic (exact) mass is 876 g/mol. The van der Waals surface area contributed by atoms with E-state index >= 15 is 0 Å². The Morgan fingerprint density at radius 1 is 0.403 bits per heavy atom. The molecule has 0 saturated carbocycles. The number of ether oxygens (including phenoxy) is 3. The van der Waals surface area contributed by atoms with Crippen molar-refractivity contribution < 1.29 is 23.8 Å². The van der Waals surface area contributed by atoms with Crippen LogP contribution in [0.1, 0.15) is 310 Å². The molecule has 0 bridgehead atoms. The van der Waals surface area contributed by atoms with Crippen LogP contribution in [0, 0.1) is 0 Å². The van der Waals surface area contributed by atoms with Gasteiger partial charge in [0.2, 0.25) is 0 Å². The maximum absolute atomic E-state index is 12.9. The van der Waals surface area contributed by atoms with Crippen LogP contribution in [0.5, 0.6) is 0 Å². The van der Waals surface area contributed by atoms with E-state index in [1.165, 1.54) is 205 Å². The second-order valence-electron chi connectivity index (χ2n) is 19.8. The Morgan fingerprint density at radius 2 is 0.677 bits per heavy atom. The number of esters is 2. The van der Waals surface area contributed by atoms with Crippen molar-refractivity contribution in [2.45, 2.75) is 335 Å². The predicted octanol–water partition coefficient (Wildman–Crippen LogP) is 17.4. The molecule has 0 aromatic heterocycles. The summed E-state index contributed by atoms with van der Waals surface area (Å²) in [7, 11) is 0. The molecular weight excluding hydrogens is 767 g/mol. The summed E-state index contributed by atoms with van der Waals surface area (Å²) < 4.78 is 17.9. The Balaban J connectivity index is 2.35. The van der Waals surface area contributed by atoms with Crippen molar-refractivity contribution in [3.8, 4) is 0 Å². The van der Waals surface area contributed by atoms with Crippen LogP contribution in [0.2, 0.25) is 0 Å². The van der Waals surface area contributed by atoms with Gasteiger partial charge in [-0.05, 0) is 89.9 Å². The molecule has 0 spiro atoms. The smallest absolute Gasteiger partial charge is 0.306 e. The lowest BCUT2D eigenvalue weighted by molar-refractivity contribution is -0.151. The molecule has 368 valence electrons. The van der Waals surface area contributed by atoms with Crippen LogP contribution in [-0.2, 0) is 23.8 Å². The third kappa shape index (κ3) is 39.2. The summed E-state index contributed by atoms with van der Waals surface area (Å²) in [5.74, 6) is 0.0812. The highest BCUT2D eigenvalue weighted by Crippen LogP contribution is 2.22. The van der Waals surface area contributed by atoms with Crippen LogP contribution in [0.25, 0.3) is 0 Å². The van der Waals surface area contributed by atoms with Gasteiger partial charge in [0.15, 0.2) is 0 Å². The second kappa shape index (κ2) is 46.4. The highest BCUT2D eigenvalue weighted by Gasteiger charge is 2.19. The van der Waals surface area contributed by atoms with Crippen molar-refractivity contribution in [1.82, 2.24) is 5.32 Å². The van der Waals surface area contributed by atoms with Crippen LogP contribution in [-0.4, -0.2) is 49.4 Å². The van der Waals surface area contributed by atoms with E-state index in [9.17, 15) is 9.59 Å². The number of carbonyl (C=O) groups is 2. The van der Waals surface area contributed by atoms with E-state index in [1.54, 1.807) is 0 Å². The van der Waals surface area contributed by atoms with Crippen molar-refractivity contribution in [2.75, 3.05) is 13.2 Å². The Morgan fingerprint density at radius 3 is 1.00 bits per heavy atom. The summed E-state index contributed by atoms with van der Waals surface area (Å²) in [4.78, 5) is 25.8. The first kappa shape index (κ1) is 58.9. The summed E-state index contributed by atoms with van der Waals surface area (Å²) in [6.07, 6.45) is 52.9. The molecule has 0 radical (unpaired) electrons. The third-order valence-corrected chi connectivity index (χ3v) is 13.7. The number of hydrogen-bond donors (Lipinski definition) is 1. The normalized spacial score (nSPS) is 13.5. The molecule has 0 atom stereocenters. The van der Waals surface area contributed by atoms with E-state index in [4.69, 9.17) is 14.2 Å². The highest BCUT2D eigenvalue weighted by molar-refractivity contribution is 5.69. The molecule has 1 saturated heterocycles. The number of hydrogen-bond acceptors (Lipinski definition) is 6. The molecule has 0 aliphatic carbocycles. The Kier molecular flexibility index (Phi) is 44.1. The lowest BCUT2D eigenvalue weighted by atomic mass is 9.98. The van der Waals surface area contributed by atoms with E-state index < -0.39 is 0 Å². The predicted molar refractivity (Wildman–Crippen MR) is 267 cm³/mol. The van der Waals surface area contributed by atoms with Crippen molar-refractivity contribution in [3.05, 3.63) is 0 Å². The lowest BCUT2D eigenvalue weighted by Crippen LogP contribution is -2.41. The molecular formula is C56H109NO5. The summed E-state index contributed by atoms with van der Waals surface area (Å²) in [6.45, 7) is 10.9. The topological polar surface area (TPSA) is 73.9 Å². The van der Waals surface area contributed by atoms with Crippen LogP contribution in [0.4, 0.5) is 0 Å². The summed E-state index contributed by atoms with van der Waals surface area (Å²) in [5.41, 5.74) is 0. The fraction of sp³-hybridized carbons (Fsp3) is 0.964. The van der Waals surface area contributed by atoms with Crippen molar-refractivity contribution in [2.24, 2.45) is 0 Å². The zero-order chi connectivity index (χ0) is 44.8. The van der Waals surface area contributed by atoms with Crippen molar-refractivity contribution >= 4 is 11.9 Å². The van der Waals surface area contributed by atoms with Crippen LogP contribution >= 0.6 is 0 Å². The Labute approximate surface area is 387 Å². The zero-order valence-corrected chi connectivity index (χ0v) is 42.4. The van der Waals surface area contributed by atoms with Gasteiger partial charge in [-0.2, -0.15) is 0 Å². The highest BCUT2D eigenvalue weighted by atomic mass is 16.5. The number of nitrogens with one attached hydrogen (secondary N) is 1. The molecule has 6 nitrogen and oxygen atoms in total. The average Bonchev–Trinajstić information content (AvgIpc) is 3.27. The molecule has 1 aliphatic heterocycles. The molecule has 1 aliphatic rings. The summed E-state index contributed by atoms with van der Waals surface area (Å²) in [5, 5.41) is 4.03. The second-order valence-corrected chi connectivity index (χ2v) is 19.8. The fourth-order valence-electron chi connectivity index (χ4n) is 9.51. The van der Waals surface area contributed by atoms with Gasteiger partial charge in [0.1, 0.15) is 12.2 Å². The van der Waals surface area contributed by atoms with Gasteiger partial charge in [0, 0.05) is 38.1 Å². The maximum atomic E-state index is 12.9. The zero-order valence-electron chi connectivity index (χ0n) is 42.4. The van der Waals surface area contributed by atoms with Gasteiger partial charge < -0.3 is 19.5 Å².